The van der Waals surface area contributed by atoms with Crippen molar-refractivity contribution in [3.05, 3.63) is 0 Å². The number of nitrogens with zero attached hydrogens (tertiary/aromatic N) is 1. The largest absolute Gasteiger partial charge is 0.481 e. The predicted molar refractivity (Wildman–Crippen MR) is 72.6 cm³/mol. The number of carboxylic acids is 1. The van der Waals surface area contributed by atoms with Crippen molar-refractivity contribution >= 4 is 5.97 Å². The average molecular weight is 253 g/mol. The van der Waals surface area contributed by atoms with Crippen molar-refractivity contribution in [1.82, 2.24) is 4.90 Å². The lowest BCUT2D eigenvalue weighted by atomic mass is 9.85. The number of hydrogen-bond donors (Lipinski definition) is 1. The molecule has 1 aliphatic heterocycles. The van der Waals surface area contributed by atoms with Gasteiger partial charge in [-0.3, -0.25) is 4.79 Å². The Morgan fingerprint density at radius 1 is 1.06 bits per heavy atom. The van der Waals surface area contributed by atoms with Crippen LogP contribution in [0.4, 0.5) is 0 Å². The second-order valence-corrected chi connectivity index (χ2v) is 7.09. The van der Waals surface area contributed by atoms with Crippen LogP contribution >= 0.6 is 0 Å². The lowest BCUT2D eigenvalue weighted by molar-refractivity contribution is -0.149. The summed E-state index contributed by atoms with van der Waals surface area (Å²) in [6.07, 6.45) is 7.61. The monoisotopic (exact) mass is 253 g/mol. The minimum absolute atomic E-state index is 0.431. The molecule has 0 aromatic carbocycles. The summed E-state index contributed by atoms with van der Waals surface area (Å²) in [7, 11) is 0. The van der Waals surface area contributed by atoms with Crippen molar-refractivity contribution in [3.63, 3.8) is 0 Å². The molecule has 3 heteroatoms. The molecule has 0 radical (unpaired) electrons. The van der Waals surface area contributed by atoms with E-state index in [4.69, 9.17) is 0 Å². The van der Waals surface area contributed by atoms with Crippen LogP contribution in [-0.4, -0.2) is 35.6 Å². The third-order valence-electron chi connectivity index (χ3n) is 4.97. The fourth-order valence-electron chi connectivity index (χ4n) is 3.56. The number of carbonyl (C=O) groups is 1. The maximum atomic E-state index is 11.6. The lowest BCUT2D eigenvalue weighted by Gasteiger charge is -2.31. The van der Waals surface area contributed by atoms with Gasteiger partial charge < -0.3 is 10.0 Å². The van der Waals surface area contributed by atoms with E-state index in [9.17, 15) is 9.90 Å². The van der Waals surface area contributed by atoms with Crippen LogP contribution < -0.4 is 0 Å². The first-order valence-electron chi connectivity index (χ1n) is 7.39. The molecule has 0 atom stereocenters. The molecule has 1 saturated carbocycles. The zero-order valence-corrected chi connectivity index (χ0v) is 11.9. The Hall–Kier alpha value is -0.570. The molecule has 0 aromatic heterocycles. The van der Waals surface area contributed by atoms with E-state index in [1.807, 2.05) is 0 Å². The minimum Gasteiger partial charge on any atom is -0.481 e. The van der Waals surface area contributed by atoms with Gasteiger partial charge >= 0.3 is 5.97 Å². The van der Waals surface area contributed by atoms with E-state index in [1.54, 1.807) is 0 Å². The molecule has 0 amide bonds. The molecule has 2 fully saturated rings. The Kier molecular flexibility index (Phi) is 4.00. The van der Waals surface area contributed by atoms with Gasteiger partial charge in [-0.15, -0.1) is 0 Å². The standard InChI is InChI=1S/C15H27NO2/c1-14(2)6-5-10-16(11-9-14)12-15(13(17)18)7-3-4-8-15/h3-12H2,1-2H3,(H,17,18). The van der Waals surface area contributed by atoms with Gasteiger partial charge in [-0.2, -0.15) is 0 Å². The molecule has 2 aliphatic rings. The van der Waals surface area contributed by atoms with Crippen LogP contribution in [0, 0.1) is 10.8 Å². The number of carboxylic acid groups (broad SMARTS) is 1. The van der Waals surface area contributed by atoms with Crippen molar-refractivity contribution in [2.75, 3.05) is 19.6 Å². The first-order valence-corrected chi connectivity index (χ1v) is 7.39. The second kappa shape index (κ2) is 5.20. The van der Waals surface area contributed by atoms with E-state index < -0.39 is 11.4 Å². The van der Waals surface area contributed by atoms with Crippen LogP contribution in [0.1, 0.15) is 58.8 Å². The van der Waals surface area contributed by atoms with Gasteiger partial charge in [0.05, 0.1) is 5.41 Å². The summed E-state index contributed by atoms with van der Waals surface area (Å²) in [6, 6.07) is 0. The molecular weight excluding hydrogens is 226 g/mol. The smallest absolute Gasteiger partial charge is 0.310 e. The maximum absolute atomic E-state index is 11.6. The highest BCUT2D eigenvalue weighted by Gasteiger charge is 2.42. The van der Waals surface area contributed by atoms with Gasteiger partial charge in [0.25, 0.3) is 0 Å². The summed E-state index contributed by atoms with van der Waals surface area (Å²) in [5, 5.41) is 9.54. The van der Waals surface area contributed by atoms with Crippen molar-refractivity contribution in [2.24, 2.45) is 10.8 Å². The van der Waals surface area contributed by atoms with Crippen molar-refractivity contribution < 1.29 is 9.90 Å². The van der Waals surface area contributed by atoms with E-state index in [-0.39, 0.29) is 0 Å². The SMILES string of the molecule is CC1(C)CCCN(CC2(C(=O)O)CCCC2)CC1. The van der Waals surface area contributed by atoms with Gasteiger partial charge in [0.2, 0.25) is 0 Å². The van der Waals surface area contributed by atoms with Crippen LogP contribution in [0.2, 0.25) is 0 Å². The molecule has 1 aliphatic carbocycles. The highest BCUT2D eigenvalue weighted by Crippen LogP contribution is 2.40. The minimum atomic E-state index is -0.566. The summed E-state index contributed by atoms with van der Waals surface area (Å²) < 4.78 is 0. The Balaban J connectivity index is 1.98. The molecule has 0 unspecified atom stereocenters. The Morgan fingerprint density at radius 3 is 2.33 bits per heavy atom. The first-order chi connectivity index (χ1) is 8.44. The van der Waals surface area contributed by atoms with Crippen molar-refractivity contribution in [3.8, 4) is 0 Å². The van der Waals surface area contributed by atoms with Gasteiger partial charge in [0.1, 0.15) is 0 Å². The van der Waals surface area contributed by atoms with Gasteiger partial charge in [0.15, 0.2) is 0 Å². The molecule has 104 valence electrons. The van der Waals surface area contributed by atoms with E-state index in [2.05, 4.69) is 18.7 Å². The van der Waals surface area contributed by atoms with Crippen LogP contribution in [-0.2, 0) is 4.79 Å². The van der Waals surface area contributed by atoms with Crippen molar-refractivity contribution in [2.45, 2.75) is 58.8 Å². The highest BCUT2D eigenvalue weighted by molar-refractivity contribution is 5.75. The fraction of sp³-hybridized carbons (Fsp3) is 0.933. The molecule has 1 N–H and O–H groups in total. The third-order valence-corrected chi connectivity index (χ3v) is 4.97. The van der Waals surface area contributed by atoms with Gasteiger partial charge in [0, 0.05) is 6.54 Å². The zero-order valence-electron chi connectivity index (χ0n) is 11.9. The van der Waals surface area contributed by atoms with Gasteiger partial charge in [-0.05, 0) is 50.6 Å². The summed E-state index contributed by atoms with van der Waals surface area (Å²) in [5.74, 6) is -0.566. The quantitative estimate of drug-likeness (QED) is 0.840. The zero-order chi connectivity index (χ0) is 13.2. The maximum Gasteiger partial charge on any atom is 0.310 e. The summed E-state index contributed by atoms with van der Waals surface area (Å²) >= 11 is 0. The van der Waals surface area contributed by atoms with E-state index in [0.717, 1.165) is 45.3 Å². The summed E-state index contributed by atoms with van der Waals surface area (Å²) in [5.41, 5.74) is -0.00467. The molecule has 2 rings (SSSR count). The Morgan fingerprint density at radius 2 is 1.72 bits per heavy atom. The first kappa shape index (κ1) is 13.9. The highest BCUT2D eigenvalue weighted by atomic mass is 16.4. The third kappa shape index (κ3) is 3.05. The summed E-state index contributed by atoms with van der Waals surface area (Å²) in [4.78, 5) is 14.0. The fourth-order valence-corrected chi connectivity index (χ4v) is 3.56. The average Bonchev–Trinajstić information content (AvgIpc) is 2.69. The van der Waals surface area contributed by atoms with Crippen LogP contribution in [0.15, 0.2) is 0 Å². The number of hydrogen-bond acceptors (Lipinski definition) is 2. The topological polar surface area (TPSA) is 40.5 Å². The predicted octanol–water partition coefficient (Wildman–Crippen LogP) is 3.14. The molecule has 1 heterocycles. The normalized spacial score (nSPS) is 27.9. The molecule has 0 aromatic rings. The Labute approximate surface area is 111 Å². The van der Waals surface area contributed by atoms with Gasteiger partial charge in [-0.1, -0.05) is 26.7 Å². The molecular formula is C15H27NO2. The number of rotatable bonds is 3. The van der Waals surface area contributed by atoms with E-state index in [1.165, 1.54) is 19.3 Å². The Bertz CT molecular complexity index is 306. The van der Waals surface area contributed by atoms with Crippen molar-refractivity contribution in [1.29, 1.82) is 0 Å². The van der Waals surface area contributed by atoms with E-state index in [0.29, 0.717) is 5.41 Å². The molecule has 0 spiro atoms. The second-order valence-electron chi connectivity index (χ2n) is 7.09. The number of likely N-dealkylation sites (tertiary alicyclic amines) is 1. The van der Waals surface area contributed by atoms with Crippen LogP contribution in [0.3, 0.4) is 0 Å². The lowest BCUT2D eigenvalue weighted by Crippen LogP contribution is -2.42. The van der Waals surface area contributed by atoms with Crippen LogP contribution in [0.25, 0.3) is 0 Å². The number of aliphatic carboxylic acids is 1. The molecule has 3 nitrogen and oxygen atoms in total. The van der Waals surface area contributed by atoms with Gasteiger partial charge in [-0.25, -0.2) is 0 Å². The summed E-state index contributed by atoms with van der Waals surface area (Å²) in [6.45, 7) is 7.59. The van der Waals surface area contributed by atoms with Crippen LogP contribution in [0.5, 0.6) is 0 Å². The molecule has 1 saturated heterocycles. The van der Waals surface area contributed by atoms with E-state index >= 15 is 0 Å². The molecule has 0 bridgehead atoms. The molecule has 18 heavy (non-hydrogen) atoms.